The first kappa shape index (κ1) is 12.6. The van der Waals surface area contributed by atoms with Crippen LogP contribution < -0.4 is 0 Å². The van der Waals surface area contributed by atoms with Crippen LogP contribution in [0.25, 0.3) is 0 Å². The van der Waals surface area contributed by atoms with Gasteiger partial charge in [0, 0.05) is 36.0 Å². The van der Waals surface area contributed by atoms with Crippen LogP contribution >= 0.6 is 0 Å². The first-order valence-corrected chi connectivity index (χ1v) is 7.71. The van der Waals surface area contributed by atoms with E-state index in [9.17, 15) is 9.59 Å². The number of hydrogen-bond acceptors (Lipinski definition) is 2. The summed E-state index contributed by atoms with van der Waals surface area (Å²) >= 11 is 0. The molecule has 2 heterocycles. The smallest absolute Gasteiger partial charge is 0.196 e. The van der Waals surface area contributed by atoms with Gasteiger partial charge in [0.05, 0.1) is 11.1 Å². The number of benzene rings is 2. The molecule has 3 nitrogen and oxygen atoms in total. The van der Waals surface area contributed by atoms with E-state index in [1.807, 2.05) is 24.4 Å². The molecule has 3 heteroatoms. The molecule has 0 fully saturated rings. The van der Waals surface area contributed by atoms with Gasteiger partial charge in [-0.25, -0.2) is 0 Å². The third-order valence-electron chi connectivity index (χ3n) is 4.89. The molecule has 0 saturated carbocycles. The van der Waals surface area contributed by atoms with Crippen LogP contribution in [-0.2, 0) is 13.0 Å². The van der Waals surface area contributed by atoms with Crippen LogP contribution in [-0.4, -0.2) is 16.1 Å². The normalized spacial score (nSPS) is 14.8. The fourth-order valence-corrected chi connectivity index (χ4v) is 3.76. The molecule has 3 aromatic rings. The first-order chi connectivity index (χ1) is 11.2. The van der Waals surface area contributed by atoms with Gasteiger partial charge in [-0.2, -0.15) is 0 Å². The molecule has 5 rings (SSSR count). The minimum absolute atomic E-state index is 0.0247. The number of aromatic nitrogens is 1. The van der Waals surface area contributed by atoms with Crippen molar-refractivity contribution in [2.75, 3.05) is 0 Å². The molecule has 1 aliphatic heterocycles. The number of carbonyl (C=O) groups excluding carboxylic acids is 2. The molecule has 2 aromatic carbocycles. The zero-order valence-electron chi connectivity index (χ0n) is 12.4. The Labute approximate surface area is 133 Å². The summed E-state index contributed by atoms with van der Waals surface area (Å²) in [5.41, 5.74) is 5.65. The second-order valence-electron chi connectivity index (χ2n) is 6.14. The summed E-state index contributed by atoms with van der Waals surface area (Å²) in [4.78, 5) is 25.7. The van der Waals surface area contributed by atoms with E-state index in [-0.39, 0.29) is 11.6 Å². The van der Waals surface area contributed by atoms with Crippen LogP contribution in [0.1, 0.15) is 48.7 Å². The number of fused-ring (bicyclic) bond motifs is 5. The monoisotopic (exact) mass is 299 g/mol. The number of nitrogens with zero attached hydrogens (tertiary/aromatic N) is 1. The highest BCUT2D eigenvalue weighted by Crippen LogP contribution is 2.34. The van der Waals surface area contributed by atoms with Gasteiger partial charge < -0.3 is 4.57 Å². The molecule has 0 N–H and O–H groups in total. The summed E-state index contributed by atoms with van der Waals surface area (Å²) in [5, 5.41) is 0. The lowest BCUT2D eigenvalue weighted by atomic mass is 9.84. The lowest BCUT2D eigenvalue weighted by Gasteiger charge is -2.21. The van der Waals surface area contributed by atoms with E-state index in [1.165, 1.54) is 11.1 Å². The number of hydrogen-bond donors (Lipinski definition) is 0. The largest absolute Gasteiger partial charge is 0.345 e. The van der Waals surface area contributed by atoms with Crippen molar-refractivity contribution in [3.63, 3.8) is 0 Å². The second kappa shape index (κ2) is 4.29. The van der Waals surface area contributed by atoms with Crippen molar-refractivity contribution in [1.29, 1.82) is 0 Å². The highest BCUT2D eigenvalue weighted by Gasteiger charge is 2.35. The molecule has 0 bridgehead atoms. The molecule has 0 radical (unpaired) electrons. The van der Waals surface area contributed by atoms with Crippen LogP contribution in [0.15, 0.2) is 54.7 Å². The maximum absolute atomic E-state index is 12.9. The van der Waals surface area contributed by atoms with Crippen molar-refractivity contribution in [1.82, 2.24) is 4.57 Å². The molecule has 0 amide bonds. The van der Waals surface area contributed by atoms with Crippen molar-refractivity contribution < 1.29 is 9.59 Å². The molecule has 1 aliphatic carbocycles. The molecule has 2 aliphatic rings. The lowest BCUT2D eigenvalue weighted by molar-refractivity contribution is 0.0979. The summed E-state index contributed by atoms with van der Waals surface area (Å²) < 4.78 is 2.06. The summed E-state index contributed by atoms with van der Waals surface area (Å²) in [6, 6.07) is 15.4. The number of carbonyl (C=O) groups is 2. The van der Waals surface area contributed by atoms with Gasteiger partial charge in [0.15, 0.2) is 11.6 Å². The molecule has 1 aromatic heterocycles. The van der Waals surface area contributed by atoms with Gasteiger partial charge in [-0.1, -0.05) is 48.5 Å². The van der Waals surface area contributed by atoms with E-state index in [0.717, 1.165) is 12.2 Å². The zero-order chi connectivity index (χ0) is 15.6. The van der Waals surface area contributed by atoms with Gasteiger partial charge in [0.1, 0.15) is 0 Å². The molecule has 23 heavy (non-hydrogen) atoms. The highest BCUT2D eigenvalue weighted by molar-refractivity contribution is 6.29. The molecule has 0 saturated heterocycles. The van der Waals surface area contributed by atoms with Gasteiger partial charge in [-0.05, 0) is 11.1 Å². The Morgan fingerprint density at radius 3 is 2.17 bits per heavy atom. The van der Waals surface area contributed by atoms with Gasteiger partial charge >= 0.3 is 0 Å². The average molecular weight is 299 g/mol. The van der Waals surface area contributed by atoms with E-state index in [0.29, 0.717) is 28.7 Å². The van der Waals surface area contributed by atoms with Crippen molar-refractivity contribution in [2.24, 2.45) is 0 Å². The topological polar surface area (TPSA) is 39.1 Å². The summed E-state index contributed by atoms with van der Waals surface area (Å²) in [7, 11) is 0. The van der Waals surface area contributed by atoms with Crippen LogP contribution in [0.3, 0.4) is 0 Å². The Bertz CT molecular complexity index is 1010. The standard InChI is InChI=1S/C20H13NO2/c22-19-14-7-3-4-8-15(14)20(23)18-16(19)11-21-10-13-6-2-1-5-12(13)9-17(18)21/h1-8,11H,9-10H2. The predicted octanol–water partition coefficient (Wildman–Crippen LogP) is 3.22. The van der Waals surface area contributed by atoms with Gasteiger partial charge in [0.25, 0.3) is 0 Å². The Balaban J connectivity index is 1.74. The number of ketones is 2. The van der Waals surface area contributed by atoms with Crippen LogP contribution in [0, 0.1) is 0 Å². The summed E-state index contributed by atoms with van der Waals surface area (Å²) in [5.74, 6) is -0.0653. The summed E-state index contributed by atoms with van der Waals surface area (Å²) in [6.45, 7) is 0.718. The quantitative estimate of drug-likeness (QED) is 0.440. The SMILES string of the molecule is O=C1c2ccccc2C(=O)c2c1cn1c2Cc2ccccc2C1. The number of rotatable bonds is 0. The fraction of sp³-hybridized carbons (Fsp3) is 0.100. The Morgan fingerprint density at radius 1 is 0.739 bits per heavy atom. The second-order valence-corrected chi connectivity index (χ2v) is 6.14. The van der Waals surface area contributed by atoms with Crippen molar-refractivity contribution in [3.05, 3.63) is 93.8 Å². The van der Waals surface area contributed by atoms with E-state index < -0.39 is 0 Å². The Kier molecular flexibility index (Phi) is 2.35. The van der Waals surface area contributed by atoms with E-state index in [1.54, 1.807) is 18.2 Å². The van der Waals surface area contributed by atoms with Crippen LogP contribution in [0.2, 0.25) is 0 Å². The average Bonchev–Trinajstić information content (AvgIpc) is 2.96. The van der Waals surface area contributed by atoms with E-state index >= 15 is 0 Å². The van der Waals surface area contributed by atoms with Gasteiger partial charge in [-0.3, -0.25) is 9.59 Å². The third kappa shape index (κ3) is 1.59. The third-order valence-corrected chi connectivity index (χ3v) is 4.89. The van der Waals surface area contributed by atoms with Crippen molar-refractivity contribution >= 4 is 11.6 Å². The zero-order valence-corrected chi connectivity index (χ0v) is 12.4. The van der Waals surface area contributed by atoms with E-state index in [4.69, 9.17) is 0 Å². The Hall–Kier alpha value is -2.94. The fourth-order valence-electron chi connectivity index (χ4n) is 3.76. The molecular formula is C20H13NO2. The molecule has 0 unspecified atom stereocenters. The van der Waals surface area contributed by atoms with Gasteiger partial charge in [-0.15, -0.1) is 0 Å². The summed E-state index contributed by atoms with van der Waals surface area (Å²) in [6.07, 6.45) is 2.56. The molecular weight excluding hydrogens is 286 g/mol. The molecule has 0 atom stereocenters. The minimum Gasteiger partial charge on any atom is -0.345 e. The van der Waals surface area contributed by atoms with Gasteiger partial charge in [0.2, 0.25) is 0 Å². The lowest BCUT2D eigenvalue weighted by Crippen LogP contribution is -2.21. The maximum Gasteiger partial charge on any atom is 0.196 e. The predicted molar refractivity (Wildman–Crippen MR) is 86.1 cm³/mol. The highest BCUT2D eigenvalue weighted by atomic mass is 16.1. The van der Waals surface area contributed by atoms with Crippen molar-refractivity contribution in [2.45, 2.75) is 13.0 Å². The van der Waals surface area contributed by atoms with Crippen LogP contribution in [0.5, 0.6) is 0 Å². The van der Waals surface area contributed by atoms with Crippen molar-refractivity contribution in [3.8, 4) is 0 Å². The first-order valence-electron chi connectivity index (χ1n) is 7.71. The maximum atomic E-state index is 12.9. The van der Waals surface area contributed by atoms with E-state index in [2.05, 4.69) is 16.7 Å². The minimum atomic E-state index is -0.0406. The Morgan fingerprint density at radius 2 is 1.39 bits per heavy atom. The molecule has 110 valence electrons. The van der Waals surface area contributed by atoms with Crippen LogP contribution in [0.4, 0.5) is 0 Å². The molecule has 0 spiro atoms.